The summed E-state index contributed by atoms with van der Waals surface area (Å²) in [6.45, 7) is 3.85. The molecule has 0 aliphatic carbocycles. The molecule has 1 fully saturated rings. The summed E-state index contributed by atoms with van der Waals surface area (Å²) < 4.78 is 0. The van der Waals surface area contributed by atoms with Crippen molar-refractivity contribution in [3.05, 3.63) is 0 Å². The highest BCUT2D eigenvalue weighted by atomic mass is 127. The average Bonchev–Trinajstić information content (AvgIpc) is 2.65. The molecule has 1 heterocycles. The van der Waals surface area contributed by atoms with Crippen LogP contribution in [0.2, 0.25) is 0 Å². The maximum absolute atomic E-state index is 5.17. The van der Waals surface area contributed by atoms with Gasteiger partial charge in [-0.25, -0.2) is 0 Å². The smallest absolute Gasteiger partial charge is 0.191 e. The fourth-order valence-corrected chi connectivity index (χ4v) is 1.79. The first-order valence-electron chi connectivity index (χ1n) is 5.32. The number of nitrogens with zero attached hydrogens (tertiary/aromatic N) is 2. The Morgan fingerprint density at radius 3 is 2.81 bits per heavy atom. The number of nitrogens with one attached hydrogen (secondary N) is 2. The molecule has 1 unspecified atom stereocenters. The Bertz CT molecular complexity index is 259. The van der Waals surface area contributed by atoms with Crippen molar-refractivity contribution >= 4 is 29.9 Å². The quantitative estimate of drug-likeness (QED) is 0.338. The minimum Gasteiger partial charge on any atom is -0.356 e. The molecule has 4 nitrogen and oxygen atoms in total. The minimum absolute atomic E-state index is 0. The van der Waals surface area contributed by atoms with Gasteiger partial charge in [0.2, 0.25) is 0 Å². The molecule has 92 valence electrons. The zero-order chi connectivity index (χ0) is 11.1. The number of rotatable bonds is 3. The van der Waals surface area contributed by atoms with Gasteiger partial charge in [0.05, 0.1) is 6.54 Å². The summed E-state index contributed by atoms with van der Waals surface area (Å²) in [4.78, 5) is 6.44. The Labute approximate surface area is 115 Å². The standard InChI is InChI=1S/C11H20N4.HI/c1-4-6-13-11(12-2)14-8-10-5-7-15(3)9-10;/h1,10H,5-9H2,2-3H3,(H2,12,13,14);1H. The first kappa shape index (κ1) is 15.5. The van der Waals surface area contributed by atoms with Crippen LogP contribution in [0, 0.1) is 18.3 Å². The van der Waals surface area contributed by atoms with Crippen molar-refractivity contribution in [1.82, 2.24) is 15.5 Å². The Morgan fingerprint density at radius 1 is 1.56 bits per heavy atom. The van der Waals surface area contributed by atoms with Crippen LogP contribution in [0.3, 0.4) is 0 Å². The van der Waals surface area contributed by atoms with Crippen LogP contribution in [0.4, 0.5) is 0 Å². The first-order chi connectivity index (χ1) is 7.26. The van der Waals surface area contributed by atoms with Gasteiger partial charge in [-0.1, -0.05) is 5.92 Å². The van der Waals surface area contributed by atoms with Gasteiger partial charge in [0.1, 0.15) is 0 Å². The van der Waals surface area contributed by atoms with Crippen LogP contribution in [-0.2, 0) is 0 Å². The lowest BCUT2D eigenvalue weighted by Crippen LogP contribution is -2.40. The van der Waals surface area contributed by atoms with Crippen molar-refractivity contribution in [3.8, 4) is 12.3 Å². The van der Waals surface area contributed by atoms with E-state index in [4.69, 9.17) is 6.42 Å². The predicted molar refractivity (Wildman–Crippen MR) is 79.2 cm³/mol. The fourth-order valence-electron chi connectivity index (χ4n) is 1.79. The molecular weight excluding hydrogens is 315 g/mol. The van der Waals surface area contributed by atoms with E-state index < -0.39 is 0 Å². The number of hydrogen-bond acceptors (Lipinski definition) is 2. The van der Waals surface area contributed by atoms with Gasteiger partial charge in [0.15, 0.2) is 5.96 Å². The second-order valence-electron chi connectivity index (χ2n) is 3.93. The van der Waals surface area contributed by atoms with Gasteiger partial charge in [-0.05, 0) is 25.9 Å². The number of hydrogen-bond donors (Lipinski definition) is 2. The highest BCUT2D eigenvalue weighted by molar-refractivity contribution is 14.0. The fraction of sp³-hybridized carbons (Fsp3) is 0.727. The van der Waals surface area contributed by atoms with E-state index in [9.17, 15) is 0 Å². The van der Waals surface area contributed by atoms with Crippen LogP contribution < -0.4 is 10.6 Å². The van der Waals surface area contributed by atoms with E-state index >= 15 is 0 Å². The zero-order valence-electron chi connectivity index (χ0n) is 9.99. The Morgan fingerprint density at radius 2 is 2.31 bits per heavy atom. The van der Waals surface area contributed by atoms with Crippen molar-refractivity contribution in [2.45, 2.75) is 6.42 Å². The molecule has 1 aliphatic rings. The van der Waals surface area contributed by atoms with Crippen molar-refractivity contribution in [2.75, 3.05) is 40.3 Å². The monoisotopic (exact) mass is 336 g/mol. The van der Waals surface area contributed by atoms with Crippen LogP contribution in [0.15, 0.2) is 4.99 Å². The largest absolute Gasteiger partial charge is 0.356 e. The third kappa shape index (κ3) is 5.56. The highest BCUT2D eigenvalue weighted by Gasteiger charge is 2.19. The van der Waals surface area contributed by atoms with Gasteiger partial charge in [0.25, 0.3) is 0 Å². The van der Waals surface area contributed by atoms with E-state index in [1.54, 1.807) is 7.05 Å². The van der Waals surface area contributed by atoms with Gasteiger partial charge in [-0.2, -0.15) is 0 Å². The Balaban J connectivity index is 0.00000225. The van der Waals surface area contributed by atoms with E-state index in [1.165, 1.54) is 19.5 Å². The van der Waals surface area contributed by atoms with Crippen LogP contribution in [-0.4, -0.2) is 51.1 Å². The molecule has 1 atom stereocenters. The first-order valence-corrected chi connectivity index (χ1v) is 5.32. The number of guanidine groups is 1. The van der Waals surface area contributed by atoms with Crippen LogP contribution in [0.25, 0.3) is 0 Å². The lowest BCUT2D eigenvalue weighted by Gasteiger charge is -2.14. The maximum atomic E-state index is 5.17. The van der Waals surface area contributed by atoms with Crippen molar-refractivity contribution < 1.29 is 0 Å². The Hall–Kier alpha value is -0.480. The van der Waals surface area contributed by atoms with Crippen molar-refractivity contribution in [3.63, 3.8) is 0 Å². The van der Waals surface area contributed by atoms with E-state index in [0.29, 0.717) is 6.54 Å². The molecule has 0 aromatic heterocycles. The Kier molecular flexibility index (Phi) is 8.39. The van der Waals surface area contributed by atoms with E-state index in [1.807, 2.05) is 0 Å². The molecule has 0 amide bonds. The highest BCUT2D eigenvalue weighted by Crippen LogP contribution is 2.12. The van der Waals surface area contributed by atoms with E-state index in [-0.39, 0.29) is 24.0 Å². The van der Waals surface area contributed by atoms with Crippen LogP contribution in [0.5, 0.6) is 0 Å². The number of likely N-dealkylation sites (tertiary alicyclic amines) is 1. The van der Waals surface area contributed by atoms with Gasteiger partial charge in [-0.15, -0.1) is 30.4 Å². The van der Waals surface area contributed by atoms with Gasteiger partial charge < -0.3 is 15.5 Å². The molecule has 0 radical (unpaired) electrons. The molecule has 5 heteroatoms. The topological polar surface area (TPSA) is 39.7 Å². The molecule has 1 rings (SSSR count). The van der Waals surface area contributed by atoms with Gasteiger partial charge in [0, 0.05) is 20.1 Å². The SMILES string of the molecule is C#CCNC(=NC)NCC1CCN(C)C1.I. The molecule has 0 aromatic rings. The molecule has 0 aromatic carbocycles. The number of aliphatic imine (C=N–C) groups is 1. The van der Waals surface area contributed by atoms with Crippen molar-refractivity contribution in [1.29, 1.82) is 0 Å². The summed E-state index contributed by atoms with van der Waals surface area (Å²) in [7, 11) is 3.91. The number of terminal acetylenes is 1. The predicted octanol–water partition coefficient (Wildman–Crippen LogP) is 0.354. The summed E-state index contributed by atoms with van der Waals surface area (Å²) in [6.07, 6.45) is 6.43. The summed E-state index contributed by atoms with van der Waals surface area (Å²) in [5, 5.41) is 6.33. The summed E-state index contributed by atoms with van der Waals surface area (Å²) in [6, 6.07) is 0. The third-order valence-corrected chi connectivity index (χ3v) is 2.63. The second-order valence-corrected chi connectivity index (χ2v) is 3.93. The minimum atomic E-state index is 0. The molecule has 2 N–H and O–H groups in total. The lowest BCUT2D eigenvalue weighted by atomic mass is 10.1. The van der Waals surface area contributed by atoms with E-state index in [0.717, 1.165) is 18.4 Å². The average molecular weight is 336 g/mol. The summed E-state index contributed by atoms with van der Waals surface area (Å²) >= 11 is 0. The maximum Gasteiger partial charge on any atom is 0.191 e. The van der Waals surface area contributed by atoms with E-state index in [2.05, 4.69) is 33.5 Å². The molecular formula is C11H21IN4. The van der Waals surface area contributed by atoms with Crippen LogP contribution >= 0.6 is 24.0 Å². The normalized spacial score (nSPS) is 21.1. The molecule has 0 saturated carbocycles. The summed E-state index contributed by atoms with van der Waals surface area (Å²) in [5.41, 5.74) is 0. The molecule has 16 heavy (non-hydrogen) atoms. The summed E-state index contributed by atoms with van der Waals surface area (Å²) in [5.74, 6) is 4.04. The molecule has 1 aliphatic heterocycles. The van der Waals surface area contributed by atoms with Crippen LogP contribution in [0.1, 0.15) is 6.42 Å². The number of halogens is 1. The third-order valence-electron chi connectivity index (χ3n) is 2.63. The lowest BCUT2D eigenvalue weighted by molar-refractivity contribution is 0.394. The molecule has 0 bridgehead atoms. The van der Waals surface area contributed by atoms with Gasteiger partial charge >= 0.3 is 0 Å². The zero-order valence-corrected chi connectivity index (χ0v) is 12.3. The van der Waals surface area contributed by atoms with Gasteiger partial charge in [-0.3, -0.25) is 4.99 Å². The second kappa shape index (κ2) is 8.65. The molecule has 1 saturated heterocycles. The van der Waals surface area contributed by atoms with Crippen molar-refractivity contribution in [2.24, 2.45) is 10.9 Å². The molecule has 0 spiro atoms.